The van der Waals surface area contributed by atoms with Crippen molar-refractivity contribution in [2.24, 2.45) is 5.92 Å². The molecule has 0 saturated carbocycles. The Bertz CT molecular complexity index is 304. The van der Waals surface area contributed by atoms with Gasteiger partial charge in [0.1, 0.15) is 0 Å². The Morgan fingerprint density at radius 1 is 1.57 bits per heavy atom. The summed E-state index contributed by atoms with van der Waals surface area (Å²) in [4.78, 5) is 13.4. The lowest BCUT2D eigenvalue weighted by Crippen LogP contribution is -2.02. The van der Waals surface area contributed by atoms with E-state index in [0.29, 0.717) is 6.42 Å². The van der Waals surface area contributed by atoms with Gasteiger partial charge in [0.25, 0.3) is 0 Å². The average molecular weight is 212 g/mol. The lowest BCUT2D eigenvalue weighted by atomic mass is 10.1. The van der Waals surface area contributed by atoms with Crippen molar-refractivity contribution in [2.45, 2.75) is 26.7 Å². The molecule has 1 atom stereocenters. The summed E-state index contributed by atoms with van der Waals surface area (Å²) in [5.41, 5.74) is 0. The molecule has 3 heteroatoms. The van der Waals surface area contributed by atoms with Crippen LogP contribution in [0.25, 0.3) is 0 Å². The first-order chi connectivity index (χ1) is 6.67. The molecule has 0 spiro atoms. The van der Waals surface area contributed by atoms with Gasteiger partial charge in [-0.25, -0.2) is 0 Å². The molecule has 1 N–H and O–H groups in total. The van der Waals surface area contributed by atoms with Crippen LogP contribution in [0.15, 0.2) is 12.1 Å². The molecule has 1 rings (SSSR count). The standard InChI is InChI=1S/C11H16O2S/c1-3-10(13)11-5-4-9(14-11)6-8(2)7-12/h4-5,8,12H,3,6-7H2,1-2H3/t8-/m1/s1. The summed E-state index contributed by atoms with van der Waals surface area (Å²) in [6.07, 6.45) is 1.42. The van der Waals surface area contributed by atoms with Crippen molar-refractivity contribution in [3.05, 3.63) is 21.9 Å². The van der Waals surface area contributed by atoms with Crippen molar-refractivity contribution in [2.75, 3.05) is 6.61 Å². The van der Waals surface area contributed by atoms with E-state index in [9.17, 15) is 4.79 Å². The highest BCUT2D eigenvalue weighted by Gasteiger charge is 2.09. The summed E-state index contributed by atoms with van der Waals surface area (Å²) < 4.78 is 0. The van der Waals surface area contributed by atoms with Gasteiger partial charge in [-0.1, -0.05) is 13.8 Å². The zero-order valence-corrected chi connectivity index (χ0v) is 9.43. The van der Waals surface area contributed by atoms with Gasteiger partial charge in [-0.3, -0.25) is 4.79 Å². The zero-order valence-electron chi connectivity index (χ0n) is 8.62. The third kappa shape index (κ3) is 2.93. The number of ketones is 1. The molecule has 0 saturated heterocycles. The summed E-state index contributed by atoms with van der Waals surface area (Å²) in [7, 11) is 0. The molecule has 2 nitrogen and oxygen atoms in total. The van der Waals surface area contributed by atoms with Gasteiger partial charge in [-0.15, -0.1) is 11.3 Å². The van der Waals surface area contributed by atoms with Crippen LogP contribution < -0.4 is 0 Å². The second-order valence-electron chi connectivity index (χ2n) is 3.53. The van der Waals surface area contributed by atoms with E-state index in [4.69, 9.17) is 5.11 Å². The molecule has 1 heterocycles. The van der Waals surface area contributed by atoms with Crippen molar-refractivity contribution in [1.29, 1.82) is 0 Å². The fourth-order valence-corrected chi connectivity index (χ4v) is 2.40. The monoisotopic (exact) mass is 212 g/mol. The number of hydrogen-bond donors (Lipinski definition) is 1. The van der Waals surface area contributed by atoms with E-state index < -0.39 is 0 Å². The van der Waals surface area contributed by atoms with Crippen LogP contribution in [0.3, 0.4) is 0 Å². The van der Waals surface area contributed by atoms with Crippen LogP contribution in [0.4, 0.5) is 0 Å². The number of hydrogen-bond acceptors (Lipinski definition) is 3. The highest BCUT2D eigenvalue weighted by molar-refractivity contribution is 7.14. The first kappa shape index (κ1) is 11.4. The highest BCUT2D eigenvalue weighted by Crippen LogP contribution is 2.20. The Balaban J connectivity index is 2.63. The fourth-order valence-electron chi connectivity index (χ4n) is 1.22. The number of aliphatic hydroxyl groups excluding tert-OH is 1. The molecule has 1 aromatic heterocycles. The van der Waals surface area contributed by atoms with Crippen LogP contribution in [-0.2, 0) is 6.42 Å². The molecule has 0 bridgehead atoms. The quantitative estimate of drug-likeness (QED) is 0.761. The van der Waals surface area contributed by atoms with E-state index in [-0.39, 0.29) is 18.3 Å². The third-order valence-electron chi connectivity index (χ3n) is 2.12. The number of aliphatic hydroxyl groups is 1. The van der Waals surface area contributed by atoms with Crippen LogP contribution in [0.5, 0.6) is 0 Å². The SMILES string of the molecule is CCC(=O)c1ccc(C[C@@H](C)CO)s1. The minimum atomic E-state index is 0.203. The maximum absolute atomic E-state index is 11.3. The van der Waals surface area contributed by atoms with Crippen molar-refractivity contribution < 1.29 is 9.90 Å². The Morgan fingerprint density at radius 2 is 2.29 bits per heavy atom. The second-order valence-corrected chi connectivity index (χ2v) is 4.70. The number of Topliss-reactive ketones (excluding diaryl/α,β-unsaturated/α-hetero) is 1. The van der Waals surface area contributed by atoms with Crippen LogP contribution in [0.2, 0.25) is 0 Å². The van der Waals surface area contributed by atoms with Gasteiger partial charge in [0.05, 0.1) is 4.88 Å². The fraction of sp³-hybridized carbons (Fsp3) is 0.545. The second kappa shape index (κ2) is 5.27. The van der Waals surface area contributed by atoms with E-state index in [1.165, 1.54) is 4.88 Å². The van der Waals surface area contributed by atoms with Gasteiger partial charge in [-0.05, 0) is 24.5 Å². The molecule has 78 valence electrons. The Morgan fingerprint density at radius 3 is 2.86 bits per heavy atom. The predicted molar refractivity (Wildman–Crippen MR) is 58.9 cm³/mol. The first-order valence-corrected chi connectivity index (χ1v) is 5.71. The van der Waals surface area contributed by atoms with Crippen molar-refractivity contribution in [1.82, 2.24) is 0 Å². The molecule has 1 aromatic rings. The van der Waals surface area contributed by atoms with Gasteiger partial charge < -0.3 is 5.11 Å². The topological polar surface area (TPSA) is 37.3 Å². The maximum atomic E-state index is 11.3. The van der Waals surface area contributed by atoms with Crippen LogP contribution in [0.1, 0.15) is 34.8 Å². The molecule has 0 amide bonds. The lowest BCUT2D eigenvalue weighted by Gasteiger charge is -2.03. The Kier molecular flexibility index (Phi) is 4.29. The van der Waals surface area contributed by atoms with Gasteiger partial charge in [0.15, 0.2) is 5.78 Å². The average Bonchev–Trinajstić information content (AvgIpc) is 2.65. The van der Waals surface area contributed by atoms with Gasteiger partial charge in [-0.2, -0.15) is 0 Å². The molecule has 0 radical (unpaired) electrons. The van der Waals surface area contributed by atoms with E-state index in [1.807, 2.05) is 26.0 Å². The Hall–Kier alpha value is -0.670. The van der Waals surface area contributed by atoms with Crippen LogP contribution >= 0.6 is 11.3 Å². The normalized spacial score (nSPS) is 12.8. The molecule has 0 aliphatic rings. The molecular formula is C11H16O2S. The summed E-state index contributed by atoms with van der Waals surface area (Å²) in [6.45, 7) is 4.08. The first-order valence-electron chi connectivity index (χ1n) is 4.90. The number of rotatable bonds is 5. The van der Waals surface area contributed by atoms with Crippen molar-refractivity contribution in [3.63, 3.8) is 0 Å². The number of carbonyl (C=O) groups is 1. The smallest absolute Gasteiger partial charge is 0.172 e. The van der Waals surface area contributed by atoms with E-state index in [2.05, 4.69) is 0 Å². The summed E-state index contributed by atoms with van der Waals surface area (Å²) >= 11 is 1.55. The molecule has 0 aromatic carbocycles. The summed E-state index contributed by atoms with van der Waals surface area (Å²) in [5, 5.41) is 8.90. The largest absolute Gasteiger partial charge is 0.396 e. The molecule has 0 aliphatic carbocycles. The van der Waals surface area contributed by atoms with E-state index in [0.717, 1.165) is 11.3 Å². The number of thiophene rings is 1. The highest BCUT2D eigenvalue weighted by atomic mass is 32.1. The zero-order chi connectivity index (χ0) is 10.6. The third-order valence-corrected chi connectivity index (χ3v) is 3.27. The predicted octanol–water partition coefficient (Wildman–Crippen LogP) is 2.51. The van der Waals surface area contributed by atoms with Crippen LogP contribution in [-0.4, -0.2) is 17.5 Å². The summed E-state index contributed by atoms with van der Waals surface area (Å²) in [5.74, 6) is 0.483. The van der Waals surface area contributed by atoms with Crippen molar-refractivity contribution in [3.8, 4) is 0 Å². The minimum absolute atomic E-state index is 0.203. The van der Waals surface area contributed by atoms with E-state index in [1.54, 1.807) is 11.3 Å². The Labute approximate surface area is 88.6 Å². The minimum Gasteiger partial charge on any atom is -0.396 e. The molecular weight excluding hydrogens is 196 g/mol. The van der Waals surface area contributed by atoms with E-state index >= 15 is 0 Å². The molecule has 0 aliphatic heterocycles. The molecule has 0 unspecified atom stereocenters. The van der Waals surface area contributed by atoms with Crippen molar-refractivity contribution >= 4 is 17.1 Å². The van der Waals surface area contributed by atoms with Gasteiger partial charge in [0, 0.05) is 17.9 Å². The molecule has 14 heavy (non-hydrogen) atoms. The molecule has 0 fully saturated rings. The summed E-state index contributed by atoms with van der Waals surface area (Å²) in [6, 6.07) is 3.87. The number of carbonyl (C=O) groups excluding carboxylic acids is 1. The maximum Gasteiger partial charge on any atom is 0.172 e. The van der Waals surface area contributed by atoms with Crippen LogP contribution in [0, 0.1) is 5.92 Å². The lowest BCUT2D eigenvalue weighted by molar-refractivity contribution is 0.0992. The van der Waals surface area contributed by atoms with Gasteiger partial charge >= 0.3 is 0 Å². The van der Waals surface area contributed by atoms with Gasteiger partial charge in [0.2, 0.25) is 0 Å².